The minimum absolute atomic E-state index is 0. The van der Waals surface area contributed by atoms with E-state index in [4.69, 9.17) is 4.74 Å². The molecule has 1 fully saturated rings. The van der Waals surface area contributed by atoms with Crippen LogP contribution in [0, 0.1) is 5.41 Å². The van der Waals surface area contributed by atoms with E-state index in [0.717, 1.165) is 25.5 Å². The summed E-state index contributed by atoms with van der Waals surface area (Å²) in [6, 6.07) is 0. The van der Waals surface area contributed by atoms with Gasteiger partial charge in [-0.05, 0) is 24.7 Å². The van der Waals surface area contributed by atoms with E-state index < -0.39 is 0 Å². The molecule has 1 aliphatic carbocycles. The van der Waals surface area contributed by atoms with Crippen LogP contribution in [0.25, 0.3) is 0 Å². The van der Waals surface area contributed by atoms with Crippen molar-refractivity contribution >= 4 is 29.9 Å². The molecule has 1 rings (SSSR count). The van der Waals surface area contributed by atoms with Crippen LogP contribution in [0.2, 0.25) is 0 Å². The number of hydrogen-bond donors (Lipinski definition) is 1. The Kier molecular flexibility index (Phi) is 8.94. The fraction of sp³-hybridized carbons (Fsp3) is 0.923. The highest BCUT2D eigenvalue weighted by Gasteiger charge is 2.33. The Morgan fingerprint density at radius 2 is 1.94 bits per heavy atom. The second-order valence-corrected chi connectivity index (χ2v) is 5.25. The van der Waals surface area contributed by atoms with Gasteiger partial charge in [-0.3, -0.25) is 4.99 Å². The number of halogens is 1. The highest BCUT2D eigenvalue weighted by molar-refractivity contribution is 14.0. The van der Waals surface area contributed by atoms with Crippen molar-refractivity contribution in [2.24, 2.45) is 10.4 Å². The fourth-order valence-corrected chi connectivity index (χ4v) is 2.66. The van der Waals surface area contributed by atoms with Gasteiger partial charge in [0.2, 0.25) is 0 Å². The molecule has 4 nitrogen and oxygen atoms in total. The quantitative estimate of drug-likeness (QED) is 0.459. The van der Waals surface area contributed by atoms with Gasteiger partial charge >= 0.3 is 0 Å². The molecule has 0 amide bonds. The van der Waals surface area contributed by atoms with Crippen molar-refractivity contribution in [1.82, 2.24) is 10.2 Å². The van der Waals surface area contributed by atoms with E-state index in [1.54, 1.807) is 7.11 Å². The minimum atomic E-state index is 0. The summed E-state index contributed by atoms with van der Waals surface area (Å²) in [5.41, 5.74) is 0.419. The summed E-state index contributed by atoms with van der Waals surface area (Å²) in [5, 5.41) is 3.48. The van der Waals surface area contributed by atoms with Crippen molar-refractivity contribution in [3.63, 3.8) is 0 Å². The molecule has 0 aromatic rings. The third-order valence-corrected chi connectivity index (χ3v) is 3.76. The zero-order valence-electron chi connectivity index (χ0n) is 12.2. The van der Waals surface area contributed by atoms with Crippen LogP contribution in [0.1, 0.15) is 32.1 Å². The van der Waals surface area contributed by atoms with Crippen LogP contribution in [0.15, 0.2) is 4.99 Å². The third-order valence-electron chi connectivity index (χ3n) is 3.76. The van der Waals surface area contributed by atoms with Crippen LogP contribution < -0.4 is 5.32 Å². The van der Waals surface area contributed by atoms with Crippen LogP contribution in [0.3, 0.4) is 0 Å². The predicted octanol–water partition coefficient (Wildman–Crippen LogP) is 2.34. The monoisotopic (exact) mass is 369 g/mol. The Labute approximate surface area is 129 Å². The molecule has 18 heavy (non-hydrogen) atoms. The Hall–Kier alpha value is -0.0400. The van der Waals surface area contributed by atoms with E-state index in [0.29, 0.717) is 5.41 Å². The molecule has 108 valence electrons. The maximum Gasteiger partial charge on any atom is 0.193 e. The molecule has 0 aromatic heterocycles. The molecule has 1 N–H and O–H groups in total. The first-order valence-electron chi connectivity index (χ1n) is 6.50. The maximum absolute atomic E-state index is 5.24. The lowest BCUT2D eigenvalue weighted by Crippen LogP contribution is -2.42. The average Bonchev–Trinajstić information content (AvgIpc) is 2.76. The molecule has 0 radical (unpaired) electrons. The first kappa shape index (κ1) is 18.0. The molecule has 0 saturated heterocycles. The van der Waals surface area contributed by atoms with E-state index in [-0.39, 0.29) is 24.0 Å². The molecule has 0 aromatic carbocycles. The van der Waals surface area contributed by atoms with Crippen LogP contribution in [0.4, 0.5) is 0 Å². The van der Waals surface area contributed by atoms with Gasteiger partial charge in [0.15, 0.2) is 5.96 Å². The largest absolute Gasteiger partial charge is 0.385 e. The highest BCUT2D eigenvalue weighted by atomic mass is 127. The van der Waals surface area contributed by atoms with Crippen molar-refractivity contribution in [3.05, 3.63) is 0 Å². The summed E-state index contributed by atoms with van der Waals surface area (Å²) in [4.78, 5) is 6.29. The van der Waals surface area contributed by atoms with Crippen LogP contribution >= 0.6 is 24.0 Å². The molecule has 0 unspecified atom stereocenters. The van der Waals surface area contributed by atoms with Gasteiger partial charge in [0.05, 0.1) is 0 Å². The highest BCUT2D eigenvalue weighted by Crippen LogP contribution is 2.40. The van der Waals surface area contributed by atoms with Gasteiger partial charge in [-0.15, -0.1) is 24.0 Å². The number of ether oxygens (including phenoxy) is 1. The van der Waals surface area contributed by atoms with Crippen molar-refractivity contribution in [2.45, 2.75) is 32.1 Å². The second kappa shape index (κ2) is 8.96. The Morgan fingerprint density at radius 1 is 1.33 bits per heavy atom. The first-order valence-corrected chi connectivity index (χ1v) is 6.50. The van der Waals surface area contributed by atoms with Gasteiger partial charge in [0.25, 0.3) is 0 Å². The number of methoxy groups -OCH3 is 1. The number of guanidine groups is 1. The van der Waals surface area contributed by atoms with Crippen LogP contribution in [-0.2, 0) is 4.74 Å². The van der Waals surface area contributed by atoms with Gasteiger partial charge in [-0.1, -0.05) is 12.8 Å². The molecular formula is C13H28IN3O. The van der Waals surface area contributed by atoms with E-state index in [1.165, 1.54) is 25.7 Å². The molecule has 0 aliphatic heterocycles. The zero-order chi connectivity index (χ0) is 12.7. The molecule has 0 bridgehead atoms. The maximum atomic E-state index is 5.24. The number of nitrogens with one attached hydrogen (secondary N) is 1. The summed E-state index contributed by atoms with van der Waals surface area (Å²) in [6.45, 7) is 1.88. The SMILES string of the molecule is CN=C(NCC1(CCOC)CCCC1)N(C)C.I. The fourth-order valence-electron chi connectivity index (χ4n) is 2.66. The van der Waals surface area contributed by atoms with Gasteiger partial charge in [0, 0.05) is 41.4 Å². The number of hydrogen-bond acceptors (Lipinski definition) is 2. The topological polar surface area (TPSA) is 36.9 Å². The lowest BCUT2D eigenvalue weighted by atomic mass is 9.83. The van der Waals surface area contributed by atoms with Crippen molar-refractivity contribution in [2.75, 3.05) is 41.4 Å². The molecule has 0 spiro atoms. The normalized spacial score (nSPS) is 18.3. The zero-order valence-corrected chi connectivity index (χ0v) is 14.5. The molecule has 0 heterocycles. The standard InChI is InChI=1S/C13H27N3O.HI/c1-14-12(16(2)3)15-11-13(9-10-17-4)7-5-6-8-13;/h5-11H2,1-4H3,(H,14,15);1H. The van der Waals surface area contributed by atoms with E-state index in [9.17, 15) is 0 Å². The molecule has 0 atom stereocenters. The molecule has 5 heteroatoms. The average molecular weight is 369 g/mol. The minimum Gasteiger partial charge on any atom is -0.385 e. The van der Waals surface area contributed by atoms with Crippen LogP contribution in [-0.4, -0.2) is 52.3 Å². The summed E-state index contributed by atoms with van der Waals surface area (Å²) >= 11 is 0. The van der Waals surface area contributed by atoms with Crippen LogP contribution in [0.5, 0.6) is 0 Å². The van der Waals surface area contributed by atoms with Crippen molar-refractivity contribution in [1.29, 1.82) is 0 Å². The molecule has 1 saturated carbocycles. The van der Waals surface area contributed by atoms with E-state index in [2.05, 4.69) is 10.3 Å². The lowest BCUT2D eigenvalue weighted by molar-refractivity contribution is 0.138. The van der Waals surface area contributed by atoms with E-state index in [1.807, 2.05) is 26.0 Å². The van der Waals surface area contributed by atoms with Crippen molar-refractivity contribution in [3.8, 4) is 0 Å². The van der Waals surface area contributed by atoms with Gasteiger partial charge in [-0.2, -0.15) is 0 Å². The summed E-state index contributed by atoms with van der Waals surface area (Å²) in [7, 11) is 7.66. The Morgan fingerprint density at radius 3 is 2.39 bits per heavy atom. The van der Waals surface area contributed by atoms with Gasteiger partial charge < -0.3 is 15.0 Å². The Bertz CT molecular complexity index is 251. The first-order chi connectivity index (χ1) is 8.13. The Balaban J connectivity index is 0.00000289. The molecular weight excluding hydrogens is 341 g/mol. The summed E-state index contributed by atoms with van der Waals surface area (Å²) in [5.74, 6) is 0.966. The van der Waals surface area contributed by atoms with Gasteiger partial charge in [0.1, 0.15) is 0 Å². The molecule has 1 aliphatic rings. The number of aliphatic imine (C=N–C) groups is 1. The number of nitrogens with zero attached hydrogens (tertiary/aromatic N) is 2. The number of rotatable bonds is 5. The lowest BCUT2D eigenvalue weighted by Gasteiger charge is -2.30. The second-order valence-electron chi connectivity index (χ2n) is 5.25. The van der Waals surface area contributed by atoms with Crippen molar-refractivity contribution < 1.29 is 4.74 Å². The summed E-state index contributed by atoms with van der Waals surface area (Å²) in [6.07, 6.45) is 6.49. The summed E-state index contributed by atoms with van der Waals surface area (Å²) < 4.78 is 5.24. The predicted molar refractivity (Wildman–Crippen MR) is 87.9 cm³/mol. The van der Waals surface area contributed by atoms with E-state index >= 15 is 0 Å². The smallest absolute Gasteiger partial charge is 0.193 e. The van der Waals surface area contributed by atoms with Gasteiger partial charge in [-0.25, -0.2) is 0 Å². The third kappa shape index (κ3) is 5.30.